The van der Waals surface area contributed by atoms with Crippen LogP contribution in [0.2, 0.25) is 0 Å². The van der Waals surface area contributed by atoms with Gasteiger partial charge >= 0.3 is 0 Å². The normalized spacial score (nSPS) is 17.2. The topological polar surface area (TPSA) is 49.3 Å². The van der Waals surface area contributed by atoms with Crippen molar-refractivity contribution in [1.29, 1.82) is 0 Å². The summed E-state index contributed by atoms with van der Waals surface area (Å²) >= 11 is 8.09. The van der Waals surface area contributed by atoms with Gasteiger partial charge in [-0.25, -0.2) is 0 Å². The molecular weight excluding hydrogens is 358 g/mol. The molecule has 1 aromatic rings. The molecule has 0 aromatic carbocycles. The molecule has 1 aromatic heterocycles. The maximum Gasteiger partial charge on any atom is 0.261 e. The Balaban J connectivity index is 1.93. The second-order valence-electron chi connectivity index (χ2n) is 4.07. The second-order valence-corrected chi connectivity index (χ2v) is 7.30. The second kappa shape index (κ2) is 4.76. The van der Waals surface area contributed by atoms with Gasteiger partial charge in [0.1, 0.15) is 0 Å². The number of carbonyl (C=O) groups excluding carboxylic acids is 1. The molecule has 3 nitrogen and oxygen atoms in total. The minimum atomic E-state index is -0.0730. The smallest absolute Gasteiger partial charge is 0.261 e. The SMILES string of the molecule is O=C(NCC1(CO)CC1)c1cc(Br)c(Br)s1. The van der Waals surface area contributed by atoms with Gasteiger partial charge in [-0.15, -0.1) is 11.3 Å². The van der Waals surface area contributed by atoms with Gasteiger partial charge in [-0.3, -0.25) is 4.79 Å². The van der Waals surface area contributed by atoms with Crippen LogP contribution in [0.3, 0.4) is 0 Å². The van der Waals surface area contributed by atoms with E-state index in [9.17, 15) is 4.79 Å². The quantitative estimate of drug-likeness (QED) is 0.858. The van der Waals surface area contributed by atoms with Crippen molar-refractivity contribution in [1.82, 2.24) is 5.32 Å². The predicted molar refractivity (Wildman–Crippen MR) is 70.8 cm³/mol. The fourth-order valence-corrected chi connectivity index (χ4v) is 3.33. The van der Waals surface area contributed by atoms with Gasteiger partial charge in [-0.05, 0) is 50.8 Å². The van der Waals surface area contributed by atoms with Gasteiger partial charge in [0.25, 0.3) is 5.91 Å². The number of carbonyl (C=O) groups is 1. The van der Waals surface area contributed by atoms with Crippen LogP contribution in [0, 0.1) is 5.41 Å². The van der Waals surface area contributed by atoms with Crippen molar-refractivity contribution in [2.75, 3.05) is 13.2 Å². The van der Waals surface area contributed by atoms with Gasteiger partial charge < -0.3 is 10.4 Å². The lowest BCUT2D eigenvalue weighted by Crippen LogP contribution is -2.31. The summed E-state index contributed by atoms with van der Waals surface area (Å²) in [6.45, 7) is 0.723. The highest BCUT2D eigenvalue weighted by atomic mass is 79.9. The number of halogens is 2. The van der Waals surface area contributed by atoms with Crippen molar-refractivity contribution in [3.63, 3.8) is 0 Å². The Kier molecular flexibility index (Phi) is 3.73. The molecule has 0 saturated heterocycles. The number of thiophene rings is 1. The van der Waals surface area contributed by atoms with E-state index in [0.29, 0.717) is 11.4 Å². The lowest BCUT2D eigenvalue weighted by atomic mass is 10.1. The van der Waals surface area contributed by atoms with Crippen molar-refractivity contribution in [2.45, 2.75) is 12.8 Å². The molecule has 0 unspecified atom stereocenters. The summed E-state index contributed by atoms with van der Waals surface area (Å²) in [4.78, 5) is 12.5. The highest BCUT2D eigenvalue weighted by molar-refractivity contribution is 9.13. The number of hydrogen-bond donors (Lipinski definition) is 2. The zero-order valence-corrected chi connectivity index (χ0v) is 12.4. The number of rotatable bonds is 4. The van der Waals surface area contributed by atoms with Gasteiger partial charge in [-0.2, -0.15) is 0 Å². The molecule has 0 aliphatic heterocycles. The van der Waals surface area contributed by atoms with E-state index < -0.39 is 0 Å². The largest absolute Gasteiger partial charge is 0.396 e. The van der Waals surface area contributed by atoms with Crippen molar-refractivity contribution in [3.05, 3.63) is 19.2 Å². The molecule has 88 valence electrons. The Bertz CT molecular complexity index is 395. The summed E-state index contributed by atoms with van der Waals surface area (Å²) in [5, 5.41) is 12.0. The molecule has 1 heterocycles. The Labute approximate surface area is 114 Å². The van der Waals surface area contributed by atoms with E-state index in [2.05, 4.69) is 37.2 Å². The average molecular weight is 369 g/mol. The van der Waals surface area contributed by atoms with Gasteiger partial charge in [0.15, 0.2) is 0 Å². The van der Waals surface area contributed by atoms with E-state index in [-0.39, 0.29) is 17.9 Å². The minimum Gasteiger partial charge on any atom is -0.396 e. The molecule has 0 atom stereocenters. The monoisotopic (exact) mass is 367 g/mol. The Morgan fingerprint density at radius 2 is 2.25 bits per heavy atom. The lowest BCUT2D eigenvalue weighted by molar-refractivity contribution is 0.0939. The Morgan fingerprint density at radius 3 is 2.69 bits per heavy atom. The summed E-state index contributed by atoms with van der Waals surface area (Å²) in [5.74, 6) is -0.0730. The molecule has 1 fully saturated rings. The third-order valence-corrected chi connectivity index (χ3v) is 6.04. The highest BCUT2D eigenvalue weighted by Crippen LogP contribution is 2.44. The fraction of sp³-hybridized carbons (Fsp3) is 0.500. The third-order valence-electron chi connectivity index (χ3n) is 2.79. The van der Waals surface area contributed by atoms with Crippen LogP contribution in [0.25, 0.3) is 0 Å². The average Bonchev–Trinajstić information content (AvgIpc) is 2.98. The molecule has 0 spiro atoms. The van der Waals surface area contributed by atoms with E-state index in [1.807, 2.05) is 0 Å². The molecule has 1 amide bonds. The summed E-state index contributed by atoms with van der Waals surface area (Å²) in [7, 11) is 0. The number of hydrogen-bond acceptors (Lipinski definition) is 3. The zero-order chi connectivity index (χ0) is 11.8. The fourth-order valence-electron chi connectivity index (χ4n) is 1.38. The minimum absolute atomic E-state index is 0.0403. The van der Waals surface area contributed by atoms with Crippen molar-refractivity contribution in [3.8, 4) is 0 Å². The Hall–Kier alpha value is 0.0900. The van der Waals surface area contributed by atoms with Crippen molar-refractivity contribution >= 4 is 49.1 Å². The number of nitrogens with one attached hydrogen (secondary N) is 1. The van der Waals surface area contributed by atoms with Crippen LogP contribution in [0.5, 0.6) is 0 Å². The summed E-state index contributed by atoms with van der Waals surface area (Å²) in [6.07, 6.45) is 2.00. The molecule has 2 N–H and O–H groups in total. The molecule has 1 aliphatic carbocycles. The van der Waals surface area contributed by atoms with Crippen LogP contribution in [-0.4, -0.2) is 24.2 Å². The third kappa shape index (κ3) is 2.67. The molecular formula is C10H11Br2NO2S. The van der Waals surface area contributed by atoms with Crippen LogP contribution in [0.4, 0.5) is 0 Å². The van der Waals surface area contributed by atoms with Crippen LogP contribution in [0.1, 0.15) is 22.5 Å². The van der Waals surface area contributed by atoms with Gasteiger partial charge in [0.2, 0.25) is 0 Å². The van der Waals surface area contributed by atoms with E-state index in [1.54, 1.807) is 6.07 Å². The van der Waals surface area contributed by atoms with Crippen LogP contribution in [-0.2, 0) is 0 Å². The van der Waals surface area contributed by atoms with Gasteiger partial charge in [0, 0.05) is 16.4 Å². The summed E-state index contributed by atoms with van der Waals surface area (Å²) in [5.41, 5.74) is -0.0403. The first-order valence-electron chi connectivity index (χ1n) is 4.90. The molecule has 1 saturated carbocycles. The van der Waals surface area contributed by atoms with E-state index in [0.717, 1.165) is 21.1 Å². The summed E-state index contributed by atoms with van der Waals surface area (Å²) in [6, 6.07) is 1.79. The van der Waals surface area contributed by atoms with E-state index in [4.69, 9.17) is 5.11 Å². The zero-order valence-electron chi connectivity index (χ0n) is 8.43. The first-order valence-corrected chi connectivity index (χ1v) is 7.30. The lowest BCUT2D eigenvalue weighted by Gasteiger charge is -2.11. The van der Waals surface area contributed by atoms with E-state index >= 15 is 0 Å². The maximum atomic E-state index is 11.8. The molecule has 1 aliphatic rings. The van der Waals surface area contributed by atoms with Crippen LogP contribution < -0.4 is 5.32 Å². The molecule has 0 bridgehead atoms. The standard InChI is InChI=1S/C10H11Br2NO2S/c11-6-3-7(16-8(6)12)9(15)13-4-10(5-14)1-2-10/h3,14H,1-2,4-5H2,(H,13,15). The van der Waals surface area contributed by atoms with E-state index in [1.165, 1.54) is 11.3 Å². The molecule has 16 heavy (non-hydrogen) atoms. The maximum absolute atomic E-state index is 11.8. The summed E-state index contributed by atoms with van der Waals surface area (Å²) < 4.78 is 1.81. The predicted octanol–water partition coefficient (Wildman–Crippen LogP) is 2.78. The van der Waals surface area contributed by atoms with Crippen LogP contribution in [0.15, 0.2) is 14.3 Å². The van der Waals surface area contributed by atoms with Gasteiger partial charge in [-0.1, -0.05) is 0 Å². The first-order chi connectivity index (χ1) is 7.56. The molecule has 6 heteroatoms. The highest BCUT2D eigenvalue weighted by Gasteiger charge is 2.42. The van der Waals surface area contributed by atoms with Crippen molar-refractivity contribution < 1.29 is 9.90 Å². The number of amides is 1. The molecule has 2 rings (SSSR count). The van der Waals surface area contributed by atoms with Crippen LogP contribution >= 0.6 is 43.2 Å². The molecule has 0 radical (unpaired) electrons. The number of aliphatic hydroxyl groups excluding tert-OH is 1. The number of aliphatic hydroxyl groups is 1. The van der Waals surface area contributed by atoms with Crippen molar-refractivity contribution in [2.24, 2.45) is 5.41 Å². The van der Waals surface area contributed by atoms with Gasteiger partial charge in [0.05, 0.1) is 15.3 Å². The first kappa shape index (κ1) is 12.5. The Morgan fingerprint density at radius 1 is 1.56 bits per heavy atom.